The van der Waals surface area contributed by atoms with E-state index in [1.807, 2.05) is 49.4 Å². The van der Waals surface area contributed by atoms with Gasteiger partial charge in [-0.25, -0.2) is 4.79 Å². The van der Waals surface area contributed by atoms with E-state index in [-0.39, 0.29) is 13.2 Å². The highest BCUT2D eigenvalue weighted by Crippen LogP contribution is 2.33. The Labute approximate surface area is 176 Å². The Hall–Kier alpha value is -3.32. The summed E-state index contributed by atoms with van der Waals surface area (Å²) in [6, 6.07) is 14.8. The van der Waals surface area contributed by atoms with Crippen LogP contribution in [0, 0.1) is 0 Å². The highest BCUT2D eigenvalue weighted by atomic mass is 16.5. The first kappa shape index (κ1) is 21.4. The van der Waals surface area contributed by atoms with Crippen molar-refractivity contribution in [1.29, 1.82) is 0 Å². The molecule has 1 heterocycles. The zero-order chi connectivity index (χ0) is 21.4. The van der Waals surface area contributed by atoms with Gasteiger partial charge in [0.1, 0.15) is 17.9 Å². The average molecular weight is 410 g/mol. The molecule has 2 aromatic carbocycles. The molecule has 1 aliphatic heterocycles. The summed E-state index contributed by atoms with van der Waals surface area (Å²) in [4.78, 5) is 23.2. The van der Waals surface area contributed by atoms with Gasteiger partial charge in [-0.3, -0.25) is 4.79 Å². The van der Waals surface area contributed by atoms with Crippen LogP contribution >= 0.6 is 0 Å². The van der Waals surface area contributed by atoms with E-state index >= 15 is 0 Å². The molecule has 7 heteroatoms. The van der Waals surface area contributed by atoms with Gasteiger partial charge in [-0.15, -0.1) is 0 Å². The predicted octanol–water partition coefficient (Wildman–Crippen LogP) is 3.75. The van der Waals surface area contributed by atoms with Crippen LogP contribution in [-0.2, 0) is 20.9 Å². The maximum Gasteiger partial charge on any atom is 0.325 e. The number of benzene rings is 2. The van der Waals surface area contributed by atoms with Gasteiger partial charge >= 0.3 is 12.0 Å². The number of hydrogen-bond donors (Lipinski definition) is 2. The van der Waals surface area contributed by atoms with E-state index in [0.717, 1.165) is 11.1 Å². The van der Waals surface area contributed by atoms with Crippen molar-refractivity contribution in [3.05, 3.63) is 65.7 Å². The summed E-state index contributed by atoms with van der Waals surface area (Å²) in [5.41, 5.74) is 1.97. The highest BCUT2D eigenvalue weighted by Gasteiger charge is 2.28. The molecule has 158 valence electrons. The van der Waals surface area contributed by atoms with Crippen molar-refractivity contribution in [1.82, 2.24) is 5.32 Å². The highest BCUT2D eigenvalue weighted by molar-refractivity contribution is 5.92. The normalized spacial score (nSPS) is 16.9. The summed E-state index contributed by atoms with van der Waals surface area (Å²) in [6.45, 7) is 4.69. The van der Waals surface area contributed by atoms with Gasteiger partial charge in [0.05, 0.1) is 19.8 Å². The van der Waals surface area contributed by atoms with Gasteiger partial charge in [0.2, 0.25) is 0 Å². The van der Waals surface area contributed by atoms with E-state index in [9.17, 15) is 9.59 Å². The first-order valence-electron chi connectivity index (χ1n) is 9.82. The number of ether oxygens (including phenoxy) is 3. The van der Waals surface area contributed by atoms with Crippen LogP contribution in [0.25, 0.3) is 6.08 Å². The molecule has 0 bridgehead atoms. The van der Waals surface area contributed by atoms with E-state index in [4.69, 9.17) is 14.2 Å². The molecule has 0 saturated carbocycles. The van der Waals surface area contributed by atoms with Crippen LogP contribution in [-0.4, -0.2) is 37.4 Å². The van der Waals surface area contributed by atoms with Crippen LogP contribution < -0.4 is 15.4 Å². The number of amides is 2. The van der Waals surface area contributed by atoms with Gasteiger partial charge in [0, 0.05) is 11.3 Å². The number of carbonyl (C=O) groups is 2. The molecular weight excluding hydrogens is 384 g/mol. The first-order chi connectivity index (χ1) is 14.5. The second kappa shape index (κ2) is 9.93. The van der Waals surface area contributed by atoms with Crippen molar-refractivity contribution < 1.29 is 23.8 Å². The van der Waals surface area contributed by atoms with E-state index in [0.29, 0.717) is 24.7 Å². The molecule has 2 N–H and O–H groups in total. The first-order valence-corrected chi connectivity index (χ1v) is 9.82. The number of rotatable bonds is 8. The molecule has 1 atom stereocenters. The Bertz CT molecular complexity index is 913. The lowest BCUT2D eigenvalue weighted by atomic mass is 10.0. The molecule has 1 aliphatic rings. The van der Waals surface area contributed by atoms with Crippen LogP contribution in [0.4, 0.5) is 10.5 Å². The molecule has 2 amide bonds. The standard InChI is InChI=1S/C23H26N2O5/c1-3-29-21(26)14-24-22(27)25-19-9-10-20-18(13-19)11-12-23(2,30-20)16-28-15-17-7-5-4-6-8-17/h4-13H,3,14-16H2,1-2H3,(H2,24,25,27). The van der Waals surface area contributed by atoms with Gasteiger partial charge in [0.15, 0.2) is 0 Å². The molecule has 0 spiro atoms. The van der Waals surface area contributed by atoms with Crippen molar-refractivity contribution >= 4 is 23.8 Å². The monoisotopic (exact) mass is 410 g/mol. The molecule has 0 aromatic heterocycles. The molecule has 0 aliphatic carbocycles. The second-order valence-corrected chi connectivity index (χ2v) is 7.09. The Morgan fingerprint density at radius 1 is 1.13 bits per heavy atom. The summed E-state index contributed by atoms with van der Waals surface area (Å²) in [6.07, 6.45) is 3.90. The fourth-order valence-corrected chi connectivity index (χ4v) is 2.96. The van der Waals surface area contributed by atoms with Crippen molar-refractivity contribution in [3.63, 3.8) is 0 Å². The van der Waals surface area contributed by atoms with E-state index in [1.165, 1.54) is 0 Å². The zero-order valence-electron chi connectivity index (χ0n) is 17.1. The van der Waals surface area contributed by atoms with Crippen molar-refractivity contribution in [2.24, 2.45) is 0 Å². The lowest BCUT2D eigenvalue weighted by Gasteiger charge is -2.31. The summed E-state index contributed by atoms with van der Waals surface area (Å²) in [5, 5.41) is 5.15. The van der Waals surface area contributed by atoms with Crippen LogP contribution in [0.5, 0.6) is 5.75 Å². The van der Waals surface area contributed by atoms with Gasteiger partial charge < -0.3 is 24.8 Å². The Balaban J connectivity index is 1.53. The smallest absolute Gasteiger partial charge is 0.325 e. The second-order valence-electron chi connectivity index (χ2n) is 7.09. The van der Waals surface area contributed by atoms with E-state index < -0.39 is 17.6 Å². The van der Waals surface area contributed by atoms with Crippen molar-refractivity contribution in [2.45, 2.75) is 26.1 Å². The fraction of sp³-hybridized carbons (Fsp3) is 0.304. The maximum atomic E-state index is 11.9. The average Bonchev–Trinajstić information content (AvgIpc) is 2.73. The molecular formula is C23H26N2O5. The Kier molecular flexibility index (Phi) is 7.08. The third-order valence-corrected chi connectivity index (χ3v) is 4.43. The lowest BCUT2D eigenvalue weighted by Crippen LogP contribution is -2.37. The number of anilines is 1. The Morgan fingerprint density at radius 3 is 2.70 bits per heavy atom. The number of nitrogens with one attached hydrogen (secondary N) is 2. The summed E-state index contributed by atoms with van der Waals surface area (Å²) >= 11 is 0. The molecule has 30 heavy (non-hydrogen) atoms. The van der Waals surface area contributed by atoms with Crippen LogP contribution in [0.3, 0.4) is 0 Å². The van der Waals surface area contributed by atoms with Crippen LogP contribution in [0.1, 0.15) is 25.0 Å². The fourth-order valence-electron chi connectivity index (χ4n) is 2.96. The minimum atomic E-state index is -0.576. The van der Waals surface area contributed by atoms with Crippen molar-refractivity contribution in [2.75, 3.05) is 25.1 Å². The number of fused-ring (bicyclic) bond motifs is 1. The zero-order valence-corrected chi connectivity index (χ0v) is 17.1. The largest absolute Gasteiger partial charge is 0.480 e. The lowest BCUT2D eigenvalue weighted by molar-refractivity contribution is -0.141. The molecule has 0 saturated heterocycles. The topological polar surface area (TPSA) is 85.9 Å². The SMILES string of the molecule is CCOC(=O)CNC(=O)Nc1ccc2c(c1)C=CC(C)(COCc1ccccc1)O2. The number of carbonyl (C=O) groups excluding carboxylic acids is 2. The Morgan fingerprint density at radius 2 is 1.93 bits per heavy atom. The third kappa shape index (κ3) is 6.09. The third-order valence-electron chi connectivity index (χ3n) is 4.43. The van der Waals surface area contributed by atoms with Gasteiger partial charge in [0.25, 0.3) is 0 Å². The van der Waals surface area contributed by atoms with Crippen molar-refractivity contribution in [3.8, 4) is 5.75 Å². The van der Waals surface area contributed by atoms with E-state index in [1.54, 1.807) is 25.1 Å². The molecule has 2 aromatic rings. The number of hydrogen-bond acceptors (Lipinski definition) is 5. The summed E-state index contributed by atoms with van der Waals surface area (Å²) < 4.78 is 16.7. The van der Waals surface area contributed by atoms with Crippen LogP contribution in [0.15, 0.2) is 54.6 Å². The quantitative estimate of drug-likeness (QED) is 0.648. The minimum absolute atomic E-state index is 0.186. The summed E-state index contributed by atoms with van der Waals surface area (Å²) in [5.74, 6) is 0.226. The summed E-state index contributed by atoms with van der Waals surface area (Å²) in [7, 11) is 0. The molecule has 7 nitrogen and oxygen atoms in total. The molecule has 1 unspecified atom stereocenters. The molecule has 3 rings (SSSR count). The molecule has 0 fully saturated rings. The van der Waals surface area contributed by atoms with Gasteiger partial charge in [-0.05, 0) is 43.7 Å². The predicted molar refractivity (Wildman–Crippen MR) is 114 cm³/mol. The number of esters is 1. The van der Waals surface area contributed by atoms with E-state index in [2.05, 4.69) is 10.6 Å². The number of urea groups is 1. The van der Waals surface area contributed by atoms with Gasteiger partial charge in [-0.2, -0.15) is 0 Å². The minimum Gasteiger partial charge on any atom is -0.480 e. The van der Waals surface area contributed by atoms with Gasteiger partial charge in [-0.1, -0.05) is 36.4 Å². The van der Waals surface area contributed by atoms with Crippen LogP contribution in [0.2, 0.25) is 0 Å². The molecule has 0 radical (unpaired) electrons. The maximum absolute atomic E-state index is 11.9.